The van der Waals surface area contributed by atoms with Gasteiger partial charge in [0.1, 0.15) is 12.1 Å². The predicted molar refractivity (Wildman–Crippen MR) is 49.0 cm³/mol. The minimum absolute atomic E-state index is 0.175. The molecule has 1 atom stereocenters. The van der Waals surface area contributed by atoms with Gasteiger partial charge >= 0.3 is 0 Å². The van der Waals surface area contributed by atoms with Crippen LogP contribution >= 0.6 is 15.9 Å². The Morgan fingerprint density at radius 2 is 2.00 bits per heavy atom. The molecule has 0 saturated carbocycles. The van der Waals surface area contributed by atoms with Crippen LogP contribution in [0.25, 0.3) is 0 Å². The van der Waals surface area contributed by atoms with Crippen LogP contribution in [-0.2, 0) is 4.79 Å². The first-order valence-electron chi connectivity index (χ1n) is 3.54. The highest BCUT2D eigenvalue weighted by atomic mass is 79.9. The van der Waals surface area contributed by atoms with Gasteiger partial charge in [-0.2, -0.15) is 0 Å². The number of carbonyl (C=O) groups is 1. The molecule has 12 heavy (non-hydrogen) atoms. The molecule has 0 N–H and O–H groups in total. The lowest BCUT2D eigenvalue weighted by atomic mass is 10.0. The Labute approximate surface area is 78.7 Å². The van der Waals surface area contributed by atoms with Crippen molar-refractivity contribution in [2.24, 2.45) is 0 Å². The molecule has 0 amide bonds. The van der Waals surface area contributed by atoms with Crippen molar-refractivity contribution in [3.8, 4) is 0 Å². The minimum Gasteiger partial charge on any atom is -0.303 e. The van der Waals surface area contributed by atoms with E-state index in [1.165, 1.54) is 12.1 Å². The number of alkyl halides is 1. The molecule has 0 aromatic heterocycles. The molecule has 1 aromatic carbocycles. The Bertz CT molecular complexity index is 258. The van der Waals surface area contributed by atoms with Gasteiger partial charge in [0.15, 0.2) is 0 Å². The van der Waals surface area contributed by atoms with Crippen LogP contribution in [0.5, 0.6) is 0 Å². The van der Waals surface area contributed by atoms with Gasteiger partial charge in [0.2, 0.25) is 0 Å². The van der Waals surface area contributed by atoms with Crippen LogP contribution in [0.1, 0.15) is 11.5 Å². The molecule has 1 unspecified atom stereocenters. The number of benzene rings is 1. The molecule has 0 fully saturated rings. The summed E-state index contributed by atoms with van der Waals surface area (Å²) in [5.41, 5.74) is 0.836. The fourth-order valence-electron chi connectivity index (χ4n) is 0.914. The summed E-state index contributed by atoms with van der Waals surface area (Å²) in [6.07, 6.45) is 0.849. The van der Waals surface area contributed by atoms with E-state index < -0.39 is 0 Å². The molecule has 0 saturated heterocycles. The summed E-state index contributed by atoms with van der Waals surface area (Å²) in [6, 6.07) is 5.95. The normalized spacial score (nSPS) is 12.5. The molecule has 3 heteroatoms. The number of hydrogen-bond acceptors (Lipinski definition) is 1. The van der Waals surface area contributed by atoms with E-state index in [0.717, 1.165) is 11.8 Å². The van der Waals surface area contributed by atoms with Crippen LogP contribution in [0.15, 0.2) is 24.3 Å². The lowest BCUT2D eigenvalue weighted by molar-refractivity contribution is -0.108. The van der Waals surface area contributed by atoms with Gasteiger partial charge in [0.05, 0.1) is 0 Å². The first-order chi connectivity index (χ1) is 5.77. The Morgan fingerprint density at radius 3 is 2.42 bits per heavy atom. The molecule has 0 heterocycles. The van der Waals surface area contributed by atoms with Crippen molar-refractivity contribution in [2.45, 2.75) is 5.92 Å². The minimum atomic E-state index is -0.280. The zero-order chi connectivity index (χ0) is 8.97. The Morgan fingerprint density at radius 1 is 1.42 bits per heavy atom. The fourth-order valence-corrected chi connectivity index (χ4v) is 1.44. The molecule has 0 spiro atoms. The van der Waals surface area contributed by atoms with Crippen LogP contribution in [0.3, 0.4) is 0 Å². The number of rotatable bonds is 3. The molecule has 64 valence electrons. The quantitative estimate of drug-likeness (QED) is 0.577. The van der Waals surface area contributed by atoms with Gasteiger partial charge in [0, 0.05) is 11.2 Å². The highest BCUT2D eigenvalue weighted by Gasteiger charge is 2.07. The standard InChI is InChI=1S/C9H8BrFO/c10-5-8(6-12)7-1-3-9(11)4-2-7/h1-4,6,8H,5H2. The van der Waals surface area contributed by atoms with E-state index in [1.54, 1.807) is 12.1 Å². The molecule has 0 bridgehead atoms. The van der Waals surface area contributed by atoms with Crippen LogP contribution in [-0.4, -0.2) is 11.6 Å². The van der Waals surface area contributed by atoms with Crippen molar-refractivity contribution in [3.63, 3.8) is 0 Å². The molecule has 0 radical (unpaired) electrons. The van der Waals surface area contributed by atoms with E-state index in [0.29, 0.717) is 5.33 Å². The summed E-state index contributed by atoms with van der Waals surface area (Å²) in [5.74, 6) is -0.455. The summed E-state index contributed by atoms with van der Waals surface area (Å²) in [5, 5.41) is 0.572. The van der Waals surface area contributed by atoms with E-state index in [4.69, 9.17) is 0 Å². The second-order valence-electron chi connectivity index (χ2n) is 2.45. The highest BCUT2D eigenvalue weighted by molar-refractivity contribution is 9.09. The Balaban J connectivity index is 2.87. The number of hydrogen-bond donors (Lipinski definition) is 0. The molecule has 0 aliphatic rings. The first kappa shape index (κ1) is 9.39. The molecular formula is C9H8BrFO. The molecule has 0 aliphatic heterocycles. The van der Waals surface area contributed by atoms with E-state index in [9.17, 15) is 9.18 Å². The van der Waals surface area contributed by atoms with Crippen LogP contribution in [0.4, 0.5) is 4.39 Å². The van der Waals surface area contributed by atoms with Gasteiger partial charge in [-0.15, -0.1) is 0 Å². The van der Waals surface area contributed by atoms with E-state index in [2.05, 4.69) is 15.9 Å². The van der Waals surface area contributed by atoms with E-state index >= 15 is 0 Å². The van der Waals surface area contributed by atoms with Crippen molar-refractivity contribution in [2.75, 3.05) is 5.33 Å². The van der Waals surface area contributed by atoms with Gasteiger partial charge in [-0.3, -0.25) is 0 Å². The third-order valence-corrected chi connectivity index (χ3v) is 2.33. The van der Waals surface area contributed by atoms with Gasteiger partial charge < -0.3 is 4.79 Å². The molecule has 0 aliphatic carbocycles. The van der Waals surface area contributed by atoms with Gasteiger partial charge in [-0.25, -0.2) is 4.39 Å². The zero-order valence-electron chi connectivity index (χ0n) is 6.34. The third kappa shape index (κ3) is 2.14. The van der Waals surface area contributed by atoms with Crippen molar-refractivity contribution in [3.05, 3.63) is 35.6 Å². The van der Waals surface area contributed by atoms with E-state index in [-0.39, 0.29) is 11.7 Å². The average Bonchev–Trinajstić information content (AvgIpc) is 2.10. The molecule has 1 nitrogen and oxygen atoms in total. The molecule has 1 rings (SSSR count). The number of carbonyl (C=O) groups excluding carboxylic acids is 1. The summed E-state index contributed by atoms with van der Waals surface area (Å²) < 4.78 is 12.5. The fraction of sp³-hybridized carbons (Fsp3) is 0.222. The SMILES string of the molecule is O=CC(CBr)c1ccc(F)cc1. The van der Waals surface area contributed by atoms with Crippen molar-refractivity contribution >= 4 is 22.2 Å². The third-order valence-electron chi connectivity index (χ3n) is 1.63. The summed E-state index contributed by atoms with van der Waals surface area (Å²) >= 11 is 3.21. The number of halogens is 2. The molecule has 1 aromatic rings. The lowest BCUT2D eigenvalue weighted by Crippen LogP contribution is -2.00. The van der Waals surface area contributed by atoms with Crippen LogP contribution < -0.4 is 0 Å². The maximum atomic E-state index is 12.5. The highest BCUT2D eigenvalue weighted by Crippen LogP contribution is 2.15. The van der Waals surface area contributed by atoms with E-state index in [1.807, 2.05) is 0 Å². The van der Waals surface area contributed by atoms with Crippen molar-refractivity contribution in [1.82, 2.24) is 0 Å². The number of aldehydes is 1. The smallest absolute Gasteiger partial charge is 0.128 e. The van der Waals surface area contributed by atoms with Crippen LogP contribution in [0, 0.1) is 5.82 Å². The van der Waals surface area contributed by atoms with Gasteiger partial charge in [-0.05, 0) is 17.7 Å². The first-order valence-corrected chi connectivity index (χ1v) is 4.67. The van der Waals surface area contributed by atoms with Crippen molar-refractivity contribution < 1.29 is 9.18 Å². The largest absolute Gasteiger partial charge is 0.303 e. The average molecular weight is 231 g/mol. The summed E-state index contributed by atoms with van der Waals surface area (Å²) in [4.78, 5) is 10.5. The van der Waals surface area contributed by atoms with Gasteiger partial charge in [-0.1, -0.05) is 28.1 Å². The monoisotopic (exact) mass is 230 g/mol. The zero-order valence-corrected chi connectivity index (χ0v) is 7.92. The molecular weight excluding hydrogens is 223 g/mol. The predicted octanol–water partition coefficient (Wildman–Crippen LogP) is 2.50. The maximum Gasteiger partial charge on any atom is 0.128 e. The second-order valence-corrected chi connectivity index (χ2v) is 3.10. The van der Waals surface area contributed by atoms with Crippen LogP contribution in [0.2, 0.25) is 0 Å². The van der Waals surface area contributed by atoms with Gasteiger partial charge in [0.25, 0.3) is 0 Å². The Kier molecular flexibility index (Phi) is 3.41. The van der Waals surface area contributed by atoms with Crippen molar-refractivity contribution in [1.29, 1.82) is 0 Å². The lowest BCUT2D eigenvalue weighted by Gasteiger charge is -2.05. The topological polar surface area (TPSA) is 17.1 Å². The summed E-state index contributed by atoms with van der Waals surface area (Å²) in [7, 11) is 0. The second kappa shape index (κ2) is 4.36. The summed E-state index contributed by atoms with van der Waals surface area (Å²) in [6.45, 7) is 0. The Hall–Kier alpha value is -0.700. The maximum absolute atomic E-state index is 12.5.